The highest BCUT2D eigenvalue weighted by atomic mass is 19.4. The quantitative estimate of drug-likeness (QED) is 0.404. The van der Waals surface area contributed by atoms with Gasteiger partial charge in [-0.05, 0) is 32.0 Å². The van der Waals surface area contributed by atoms with Crippen LogP contribution in [-0.2, 0) is 12.7 Å². The molecule has 0 radical (unpaired) electrons. The molecule has 2 unspecified atom stereocenters. The van der Waals surface area contributed by atoms with Crippen molar-refractivity contribution >= 4 is 11.7 Å². The van der Waals surface area contributed by atoms with Gasteiger partial charge in [0.25, 0.3) is 5.91 Å². The Balaban J connectivity index is 1.38. The van der Waals surface area contributed by atoms with Gasteiger partial charge in [-0.3, -0.25) is 14.8 Å². The second kappa shape index (κ2) is 10.1. The van der Waals surface area contributed by atoms with E-state index >= 15 is 0 Å². The van der Waals surface area contributed by atoms with Crippen molar-refractivity contribution in [2.45, 2.75) is 38.7 Å². The second-order valence-electron chi connectivity index (χ2n) is 8.81. The molecule has 9 nitrogen and oxygen atoms in total. The SMILES string of the molecule is CC(O)CNC(=O)c1c[nH]c(-c2[nH]ncc2CN2CCN(c3ccc(C(F)(F)F)cn3)C(C)C2)c1. The van der Waals surface area contributed by atoms with Crippen molar-refractivity contribution in [3.63, 3.8) is 0 Å². The van der Waals surface area contributed by atoms with Gasteiger partial charge in [0.2, 0.25) is 0 Å². The molecule has 1 amide bonds. The van der Waals surface area contributed by atoms with E-state index in [9.17, 15) is 23.1 Å². The summed E-state index contributed by atoms with van der Waals surface area (Å²) in [5, 5.41) is 19.2. The van der Waals surface area contributed by atoms with E-state index < -0.39 is 17.8 Å². The Bertz CT molecular complexity index is 1140. The number of aromatic amines is 2. The second-order valence-corrected chi connectivity index (χ2v) is 8.81. The summed E-state index contributed by atoms with van der Waals surface area (Å²) in [4.78, 5) is 23.6. The Morgan fingerprint density at radius 3 is 2.77 bits per heavy atom. The highest BCUT2D eigenvalue weighted by Crippen LogP contribution is 2.30. The molecular weight excluding hydrogens is 463 g/mol. The highest BCUT2D eigenvalue weighted by molar-refractivity contribution is 5.95. The summed E-state index contributed by atoms with van der Waals surface area (Å²) in [5.41, 5.74) is 2.15. The van der Waals surface area contributed by atoms with E-state index in [-0.39, 0.29) is 18.5 Å². The molecule has 3 aromatic heterocycles. The number of hydrogen-bond acceptors (Lipinski definition) is 6. The summed E-state index contributed by atoms with van der Waals surface area (Å²) >= 11 is 0. The average molecular weight is 492 g/mol. The fourth-order valence-corrected chi connectivity index (χ4v) is 4.16. The molecule has 4 heterocycles. The number of nitrogens with zero attached hydrogens (tertiary/aromatic N) is 4. The van der Waals surface area contributed by atoms with Crippen LogP contribution in [0.3, 0.4) is 0 Å². The topological polar surface area (TPSA) is 113 Å². The van der Waals surface area contributed by atoms with Gasteiger partial charge in [-0.15, -0.1) is 0 Å². The normalized spacial score (nSPS) is 18.0. The van der Waals surface area contributed by atoms with E-state index in [4.69, 9.17) is 0 Å². The molecule has 12 heteroatoms. The summed E-state index contributed by atoms with van der Waals surface area (Å²) in [6.45, 7) is 6.43. The summed E-state index contributed by atoms with van der Waals surface area (Å²) in [6, 6.07) is 4.27. The monoisotopic (exact) mass is 491 g/mol. The number of aliphatic hydroxyl groups is 1. The highest BCUT2D eigenvalue weighted by Gasteiger charge is 2.32. The number of piperazine rings is 1. The van der Waals surface area contributed by atoms with E-state index in [1.165, 1.54) is 6.07 Å². The third kappa shape index (κ3) is 5.82. The Hall–Kier alpha value is -3.38. The van der Waals surface area contributed by atoms with E-state index in [0.717, 1.165) is 29.2 Å². The van der Waals surface area contributed by atoms with Crippen molar-refractivity contribution in [3.8, 4) is 11.4 Å². The fraction of sp³-hybridized carbons (Fsp3) is 0.435. The van der Waals surface area contributed by atoms with Crippen LogP contribution in [0.15, 0.2) is 36.8 Å². The van der Waals surface area contributed by atoms with Gasteiger partial charge >= 0.3 is 6.18 Å². The molecule has 0 aromatic carbocycles. The molecule has 35 heavy (non-hydrogen) atoms. The van der Waals surface area contributed by atoms with Gasteiger partial charge in [0.1, 0.15) is 5.82 Å². The molecule has 0 bridgehead atoms. The number of halogens is 3. The zero-order chi connectivity index (χ0) is 25.2. The lowest BCUT2D eigenvalue weighted by molar-refractivity contribution is -0.137. The lowest BCUT2D eigenvalue weighted by atomic mass is 10.1. The van der Waals surface area contributed by atoms with Gasteiger partial charge in [0, 0.05) is 56.7 Å². The van der Waals surface area contributed by atoms with E-state index in [1.807, 2.05) is 11.8 Å². The Labute approximate surface area is 200 Å². The summed E-state index contributed by atoms with van der Waals surface area (Å²) < 4.78 is 38.5. The number of nitrogens with one attached hydrogen (secondary N) is 3. The molecule has 3 aromatic rings. The Morgan fingerprint density at radius 1 is 1.31 bits per heavy atom. The maximum atomic E-state index is 12.8. The number of amides is 1. The molecule has 4 rings (SSSR count). The van der Waals surface area contributed by atoms with Gasteiger partial charge < -0.3 is 20.3 Å². The molecule has 0 aliphatic carbocycles. The molecule has 1 fully saturated rings. The number of carbonyl (C=O) groups is 1. The van der Waals surface area contributed by atoms with Crippen LogP contribution in [-0.4, -0.2) is 74.4 Å². The number of anilines is 1. The van der Waals surface area contributed by atoms with Crippen LogP contribution in [0.4, 0.5) is 19.0 Å². The first-order valence-electron chi connectivity index (χ1n) is 11.3. The minimum Gasteiger partial charge on any atom is -0.392 e. The number of rotatable bonds is 7. The zero-order valence-electron chi connectivity index (χ0n) is 19.4. The van der Waals surface area contributed by atoms with Gasteiger partial charge in [-0.25, -0.2) is 4.98 Å². The lowest BCUT2D eigenvalue weighted by Gasteiger charge is -2.40. The molecule has 1 saturated heterocycles. The van der Waals surface area contributed by atoms with Crippen LogP contribution < -0.4 is 10.2 Å². The molecular formula is C23H28F3N7O2. The Kier molecular flexibility index (Phi) is 7.13. The smallest absolute Gasteiger partial charge is 0.392 e. The van der Waals surface area contributed by atoms with Gasteiger partial charge in [0.15, 0.2) is 0 Å². The fourth-order valence-electron chi connectivity index (χ4n) is 4.16. The summed E-state index contributed by atoms with van der Waals surface area (Å²) in [5.74, 6) is 0.248. The van der Waals surface area contributed by atoms with Crippen LogP contribution in [0.2, 0.25) is 0 Å². The third-order valence-electron chi connectivity index (χ3n) is 5.97. The number of H-pyrrole nitrogens is 2. The van der Waals surface area contributed by atoms with Crippen molar-refractivity contribution in [2.24, 2.45) is 0 Å². The largest absolute Gasteiger partial charge is 0.417 e. The maximum Gasteiger partial charge on any atom is 0.417 e. The number of aromatic nitrogens is 4. The average Bonchev–Trinajstić information content (AvgIpc) is 3.47. The predicted octanol–water partition coefficient (Wildman–Crippen LogP) is 2.64. The van der Waals surface area contributed by atoms with Gasteiger partial charge in [-0.2, -0.15) is 18.3 Å². The summed E-state index contributed by atoms with van der Waals surface area (Å²) in [7, 11) is 0. The molecule has 4 N–H and O–H groups in total. The van der Waals surface area contributed by atoms with Crippen molar-refractivity contribution in [2.75, 3.05) is 31.1 Å². The standard InChI is InChI=1S/C23H28F3N7O2/c1-14-12-32(5-6-33(14)20-4-3-18(11-28-20)23(24,25)26)13-17-10-30-31-21(17)19-7-16(9-27-19)22(35)29-8-15(2)34/h3-4,7,9-11,14-15,27,34H,5-6,8,12-13H2,1-2H3,(H,29,35)(H,30,31). The first-order valence-corrected chi connectivity index (χ1v) is 11.3. The number of alkyl halides is 3. The van der Waals surface area contributed by atoms with Crippen molar-refractivity contribution in [3.05, 3.63) is 53.5 Å². The number of aliphatic hydroxyl groups excluding tert-OH is 1. The van der Waals surface area contributed by atoms with Gasteiger partial charge in [-0.1, -0.05) is 0 Å². The third-order valence-corrected chi connectivity index (χ3v) is 5.97. The molecule has 1 aliphatic heterocycles. The maximum absolute atomic E-state index is 12.8. The van der Waals surface area contributed by atoms with E-state index in [2.05, 4.69) is 30.4 Å². The van der Waals surface area contributed by atoms with E-state index in [1.54, 1.807) is 25.4 Å². The number of carbonyl (C=O) groups excluding carboxylic acids is 1. The predicted molar refractivity (Wildman–Crippen MR) is 124 cm³/mol. The van der Waals surface area contributed by atoms with Crippen LogP contribution in [0.1, 0.15) is 35.3 Å². The first-order chi connectivity index (χ1) is 16.6. The van der Waals surface area contributed by atoms with Crippen molar-refractivity contribution in [1.29, 1.82) is 0 Å². The van der Waals surface area contributed by atoms with Crippen LogP contribution in [0.25, 0.3) is 11.4 Å². The summed E-state index contributed by atoms with van der Waals surface area (Å²) in [6.07, 6.45) is -0.802. The molecule has 2 atom stereocenters. The van der Waals surface area contributed by atoms with Crippen LogP contribution >= 0.6 is 0 Å². The molecule has 0 saturated carbocycles. The van der Waals surface area contributed by atoms with Crippen molar-refractivity contribution < 1.29 is 23.1 Å². The zero-order valence-corrected chi connectivity index (χ0v) is 19.4. The minimum atomic E-state index is -4.40. The van der Waals surface area contributed by atoms with Crippen LogP contribution in [0, 0.1) is 0 Å². The van der Waals surface area contributed by atoms with Gasteiger partial charge in [0.05, 0.1) is 34.8 Å². The van der Waals surface area contributed by atoms with E-state index in [0.29, 0.717) is 37.6 Å². The number of hydrogen-bond donors (Lipinski definition) is 4. The molecule has 188 valence electrons. The van der Waals surface area contributed by atoms with Crippen LogP contribution in [0.5, 0.6) is 0 Å². The van der Waals surface area contributed by atoms with Crippen molar-refractivity contribution in [1.82, 2.24) is 30.4 Å². The lowest BCUT2D eigenvalue weighted by Crippen LogP contribution is -2.51. The molecule has 0 spiro atoms. The molecule has 1 aliphatic rings. The number of pyridine rings is 1. The Morgan fingerprint density at radius 2 is 2.11 bits per heavy atom. The first kappa shape index (κ1) is 24.7. The minimum absolute atomic E-state index is 0.0537.